The number of ether oxygens (including phenoxy) is 1. The summed E-state index contributed by atoms with van der Waals surface area (Å²) >= 11 is 0. The molecule has 0 fully saturated rings. The average Bonchev–Trinajstić information content (AvgIpc) is 2.05. The Morgan fingerprint density at radius 3 is 3.08 bits per heavy atom. The molecule has 0 unspecified atom stereocenters. The molecule has 0 bridgehead atoms. The van der Waals surface area contributed by atoms with Crippen molar-refractivity contribution in [2.24, 2.45) is 0 Å². The Morgan fingerprint density at radius 2 is 2.50 bits per heavy atom. The molecule has 1 aromatic heterocycles. The predicted molar refractivity (Wildman–Crippen MR) is 40.8 cm³/mol. The summed E-state index contributed by atoms with van der Waals surface area (Å²) in [6.07, 6.45) is 1.09. The van der Waals surface area contributed by atoms with Crippen molar-refractivity contribution in [1.29, 1.82) is 0 Å². The van der Waals surface area contributed by atoms with Crippen molar-refractivity contribution < 1.29 is 9.53 Å². The van der Waals surface area contributed by atoms with Gasteiger partial charge in [-0.1, -0.05) is 0 Å². The second-order valence-electron chi connectivity index (χ2n) is 2.05. The van der Waals surface area contributed by atoms with E-state index in [2.05, 4.69) is 14.9 Å². The Labute approximate surface area is 68.4 Å². The summed E-state index contributed by atoms with van der Waals surface area (Å²) in [5, 5.41) is 5.82. The van der Waals surface area contributed by atoms with Crippen molar-refractivity contribution in [2.75, 3.05) is 6.61 Å². The number of nitrogens with zero attached hydrogens (tertiary/aromatic N) is 1. The van der Waals surface area contributed by atoms with Gasteiger partial charge in [0.25, 0.3) is 0 Å². The zero-order valence-electron chi connectivity index (χ0n) is 6.53. The summed E-state index contributed by atoms with van der Waals surface area (Å²) in [6, 6.07) is 1.14. The van der Waals surface area contributed by atoms with E-state index < -0.39 is 5.97 Å². The maximum Gasteiger partial charge on any atom is 0.356 e. The van der Waals surface area contributed by atoms with Crippen molar-refractivity contribution in [2.45, 2.75) is 6.92 Å². The van der Waals surface area contributed by atoms with Gasteiger partial charge in [0.2, 0.25) is 5.43 Å². The van der Waals surface area contributed by atoms with Crippen LogP contribution >= 0.6 is 0 Å². The van der Waals surface area contributed by atoms with Gasteiger partial charge in [-0.2, -0.15) is 5.10 Å². The third-order valence-corrected chi connectivity index (χ3v) is 1.16. The minimum absolute atomic E-state index is 0.0735. The van der Waals surface area contributed by atoms with Crippen LogP contribution in [0.15, 0.2) is 17.1 Å². The Hall–Kier alpha value is -1.65. The van der Waals surface area contributed by atoms with E-state index in [1.165, 1.54) is 0 Å². The first-order chi connectivity index (χ1) is 5.74. The van der Waals surface area contributed by atoms with Crippen LogP contribution in [0.1, 0.15) is 17.4 Å². The number of carbonyl (C=O) groups excluding carboxylic acids is 1. The molecule has 0 aliphatic rings. The van der Waals surface area contributed by atoms with E-state index in [1.807, 2.05) is 0 Å². The SMILES string of the molecule is CCOC(=O)c1cc(=O)cn[nH]1. The van der Waals surface area contributed by atoms with Crippen LogP contribution in [0.2, 0.25) is 0 Å². The molecule has 5 heteroatoms. The van der Waals surface area contributed by atoms with E-state index >= 15 is 0 Å². The number of rotatable bonds is 2. The Kier molecular flexibility index (Phi) is 2.57. The first kappa shape index (κ1) is 8.45. The molecule has 64 valence electrons. The standard InChI is InChI=1S/C7H8N2O3/c1-2-12-7(11)6-3-5(10)4-8-9-6/h3-4H,2H2,1H3,(H,9,10). The van der Waals surface area contributed by atoms with Crippen molar-refractivity contribution in [3.63, 3.8) is 0 Å². The Balaban J connectivity index is 2.88. The van der Waals surface area contributed by atoms with Crippen LogP contribution in [0, 0.1) is 0 Å². The number of esters is 1. The summed E-state index contributed by atoms with van der Waals surface area (Å²) in [5.74, 6) is -0.567. The topological polar surface area (TPSA) is 72.1 Å². The van der Waals surface area contributed by atoms with Crippen LogP contribution in [-0.2, 0) is 4.74 Å². The van der Waals surface area contributed by atoms with Crippen molar-refractivity contribution >= 4 is 5.97 Å². The van der Waals surface area contributed by atoms with Gasteiger partial charge in [0.15, 0.2) is 0 Å². The van der Waals surface area contributed by atoms with Crippen LogP contribution in [-0.4, -0.2) is 22.8 Å². The highest BCUT2D eigenvalue weighted by atomic mass is 16.5. The zero-order valence-corrected chi connectivity index (χ0v) is 6.53. The molecule has 1 rings (SSSR count). The van der Waals surface area contributed by atoms with Gasteiger partial charge >= 0.3 is 5.97 Å². The number of hydrogen-bond acceptors (Lipinski definition) is 4. The highest BCUT2D eigenvalue weighted by Gasteiger charge is 2.06. The monoisotopic (exact) mass is 168 g/mol. The fraction of sp³-hybridized carbons (Fsp3) is 0.286. The Morgan fingerprint density at radius 1 is 1.75 bits per heavy atom. The zero-order chi connectivity index (χ0) is 8.97. The normalized spacial score (nSPS) is 9.42. The number of H-pyrrole nitrogens is 1. The maximum absolute atomic E-state index is 11.0. The highest BCUT2D eigenvalue weighted by Crippen LogP contribution is 1.90. The lowest BCUT2D eigenvalue weighted by Gasteiger charge is -1.98. The minimum Gasteiger partial charge on any atom is -0.461 e. The molecule has 0 aliphatic carbocycles. The average molecular weight is 168 g/mol. The predicted octanol–water partition coefficient (Wildman–Crippen LogP) is -0.0534. The quantitative estimate of drug-likeness (QED) is 0.628. The molecule has 0 aromatic carbocycles. The third kappa shape index (κ3) is 1.91. The fourth-order valence-electron chi connectivity index (χ4n) is 0.691. The van der Waals surface area contributed by atoms with Gasteiger partial charge in [-0.25, -0.2) is 4.79 Å². The molecule has 1 aromatic rings. The molecule has 0 saturated carbocycles. The minimum atomic E-state index is -0.567. The van der Waals surface area contributed by atoms with Gasteiger partial charge in [0.1, 0.15) is 5.69 Å². The van der Waals surface area contributed by atoms with E-state index in [0.717, 1.165) is 12.3 Å². The van der Waals surface area contributed by atoms with Gasteiger partial charge < -0.3 is 4.74 Å². The van der Waals surface area contributed by atoms with Gasteiger partial charge in [0, 0.05) is 6.07 Å². The molecular formula is C7H8N2O3. The lowest BCUT2D eigenvalue weighted by Crippen LogP contribution is -2.12. The van der Waals surface area contributed by atoms with Gasteiger partial charge in [-0.05, 0) is 6.92 Å². The lowest BCUT2D eigenvalue weighted by molar-refractivity contribution is 0.0518. The molecule has 0 saturated heterocycles. The number of nitrogens with one attached hydrogen (secondary N) is 1. The number of aromatic amines is 1. The summed E-state index contributed by atoms with van der Waals surface area (Å²) in [6.45, 7) is 1.96. The van der Waals surface area contributed by atoms with Crippen molar-refractivity contribution in [3.05, 3.63) is 28.2 Å². The summed E-state index contributed by atoms with van der Waals surface area (Å²) in [7, 11) is 0. The maximum atomic E-state index is 11.0. The Bertz CT molecular complexity index is 331. The van der Waals surface area contributed by atoms with Crippen molar-refractivity contribution in [1.82, 2.24) is 10.2 Å². The number of aromatic nitrogens is 2. The van der Waals surface area contributed by atoms with Crippen LogP contribution < -0.4 is 5.43 Å². The van der Waals surface area contributed by atoms with E-state index in [9.17, 15) is 9.59 Å². The third-order valence-electron chi connectivity index (χ3n) is 1.16. The van der Waals surface area contributed by atoms with E-state index in [0.29, 0.717) is 0 Å². The second kappa shape index (κ2) is 3.66. The summed E-state index contributed by atoms with van der Waals surface area (Å²) < 4.78 is 4.63. The molecule has 0 aliphatic heterocycles. The molecule has 0 spiro atoms. The van der Waals surface area contributed by atoms with E-state index in [1.54, 1.807) is 6.92 Å². The second-order valence-corrected chi connectivity index (χ2v) is 2.05. The molecule has 5 nitrogen and oxygen atoms in total. The van der Waals surface area contributed by atoms with Crippen LogP contribution in [0.25, 0.3) is 0 Å². The van der Waals surface area contributed by atoms with Crippen molar-refractivity contribution in [3.8, 4) is 0 Å². The molecule has 0 radical (unpaired) electrons. The smallest absolute Gasteiger partial charge is 0.356 e. The van der Waals surface area contributed by atoms with E-state index in [-0.39, 0.29) is 17.7 Å². The van der Waals surface area contributed by atoms with Gasteiger partial charge in [-0.15, -0.1) is 0 Å². The molecule has 12 heavy (non-hydrogen) atoms. The van der Waals surface area contributed by atoms with Crippen LogP contribution in [0.5, 0.6) is 0 Å². The molecule has 0 amide bonds. The molecule has 0 atom stereocenters. The first-order valence-corrected chi connectivity index (χ1v) is 3.46. The number of hydrogen-bond donors (Lipinski definition) is 1. The number of carbonyl (C=O) groups is 1. The molecule has 1 N–H and O–H groups in total. The largest absolute Gasteiger partial charge is 0.461 e. The summed E-state index contributed by atoms with van der Waals surface area (Å²) in [5.41, 5.74) is -0.249. The molecular weight excluding hydrogens is 160 g/mol. The van der Waals surface area contributed by atoms with Crippen LogP contribution in [0.3, 0.4) is 0 Å². The molecule has 1 heterocycles. The first-order valence-electron chi connectivity index (χ1n) is 3.46. The van der Waals surface area contributed by atoms with Gasteiger partial charge in [-0.3, -0.25) is 9.89 Å². The fourth-order valence-corrected chi connectivity index (χ4v) is 0.691. The van der Waals surface area contributed by atoms with E-state index in [4.69, 9.17) is 0 Å². The highest BCUT2D eigenvalue weighted by molar-refractivity contribution is 5.86. The van der Waals surface area contributed by atoms with Gasteiger partial charge in [0.05, 0.1) is 12.8 Å². The van der Waals surface area contributed by atoms with Crippen LogP contribution in [0.4, 0.5) is 0 Å². The summed E-state index contributed by atoms with van der Waals surface area (Å²) in [4.78, 5) is 21.7. The lowest BCUT2D eigenvalue weighted by atomic mass is 10.4.